The highest BCUT2D eigenvalue weighted by Crippen LogP contribution is 1.98. The third-order valence-corrected chi connectivity index (χ3v) is 1.77. The predicted molar refractivity (Wildman–Crippen MR) is 67.7 cm³/mol. The Morgan fingerprint density at radius 1 is 1.56 bits per heavy atom. The lowest BCUT2D eigenvalue weighted by Crippen LogP contribution is -2.04. The van der Waals surface area contributed by atoms with E-state index in [0.29, 0.717) is 5.95 Å². The molecule has 0 aliphatic carbocycles. The third-order valence-electron chi connectivity index (χ3n) is 1.77. The molecule has 0 saturated heterocycles. The Kier molecular flexibility index (Phi) is 5.55. The molecule has 0 bridgehead atoms. The monoisotopic (exact) mass is 216 g/mol. The van der Waals surface area contributed by atoms with E-state index in [9.17, 15) is 0 Å². The van der Waals surface area contributed by atoms with Crippen LogP contribution in [0.25, 0.3) is 0 Å². The summed E-state index contributed by atoms with van der Waals surface area (Å²) in [6.07, 6.45) is 9.64. The van der Waals surface area contributed by atoms with Gasteiger partial charge in [-0.15, -0.1) is 0 Å². The van der Waals surface area contributed by atoms with Gasteiger partial charge in [-0.3, -0.25) is 4.99 Å². The molecule has 4 heteroatoms. The lowest BCUT2D eigenvalue weighted by Gasteiger charge is -2.02. The van der Waals surface area contributed by atoms with Crippen LogP contribution in [0.4, 0.5) is 5.95 Å². The molecule has 0 spiro atoms. The van der Waals surface area contributed by atoms with Crippen molar-refractivity contribution in [1.29, 1.82) is 0 Å². The first-order valence-electron chi connectivity index (χ1n) is 5.15. The summed E-state index contributed by atoms with van der Waals surface area (Å²) in [5.74, 6) is 0.669. The van der Waals surface area contributed by atoms with E-state index in [0.717, 1.165) is 18.7 Å². The van der Waals surface area contributed by atoms with Gasteiger partial charge >= 0.3 is 0 Å². The first kappa shape index (κ1) is 12.1. The molecule has 0 saturated carbocycles. The first-order valence-corrected chi connectivity index (χ1v) is 5.15. The SMILES string of the molecule is C=CC=N/C=C\CCNc1nccc(C)n1. The molecule has 1 heterocycles. The second-order valence-electron chi connectivity index (χ2n) is 3.16. The second-order valence-corrected chi connectivity index (χ2v) is 3.16. The zero-order valence-electron chi connectivity index (χ0n) is 9.43. The Morgan fingerprint density at radius 2 is 2.44 bits per heavy atom. The summed E-state index contributed by atoms with van der Waals surface area (Å²) in [5.41, 5.74) is 0.962. The number of aromatic nitrogens is 2. The Bertz CT molecular complexity index is 382. The van der Waals surface area contributed by atoms with Gasteiger partial charge in [0.05, 0.1) is 0 Å². The van der Waals surface area contributed by atoms with Gasteiger partial charge in [-0.25, -0.2) is 9.97 Å². The van der Waals surface area contributed by atoms with Crippen LogP contribution in [0.15, 0.2) is 42.2 Å². The molecule has 0 amide bonds. The highest BCUT2D eigenvalue weighted by Gasteiger charge is 1.92. The summed E-state index contributed by atoms with van der Waals surface area (Å²) in [6.45, 7) is 6.27. The van der Waals surface area contributed by atoms with Crippen LogP contribution in [0.1, 0.15) is 12.1 Å². The molecule has 0 atom stereocenters. The molecule has 16 heavy (non-hydrogen) atoms. The number of hydrogen-bond acceptors (Lipinski definition) is 4. The van der Waals surface area contributed by atoms with Crippen LogP contribution < -0.4 is 5.32 Å². The van der Waals surface area contributed by atoms with Crippen LogP contribution in [0, 0.1) is 6.92 Å². The Hall–Kier alpha value is -1.97. The number of aryl methyl sites for hydroxylation is 1. The molecule has 1 aromatic heterocycles. The zero-order valence-corrected chi connectivity index (χ0v) is 9.43. The molecule has 0 unspecified atom stereocenters. The molecule has 0 aliphatic heterocycles. The summed E-state index contributed by atoms with van der Waals surface area (Å²) in [7, 11) is 0. The third kappa shape index (κ3) is 5.05. The van der Waals surface area contributed by atoms with Crippen molar-refractivity contribution < 1.29 is 0 Å². The van der Waals surface area contributed by atoms with Crippen molar-refractivity contribution in [3.8, 4) is 0 Å². The zero-order chi connectivity index (χ0) is 11.6. The first-order chi connectivity index (χ1) is 7.83. The predicted octanol–water partition coefficient (Wildman–Crippen LogP) is 2.36. The number of nitrogens with zero attached hydrogens (tertiary/aromatic N) is 3. The minimum absolute atomic E-state index is 0.669. The molecule has 1 aromatic rings. The largest absolute Gasteiger partial charge is 0.354 e. The van der Waals surface area contributed by atoms with Crippen molar-refractivity contribution in [2.75, 3.05) is 11.9 Å². The average molecular weight is 216 g/mol. The minimum atomic E-state index is 0.669. The van der Waals surface area contributed by atoms with E-state index >= 15 is 0 Å². The Morgan fingerprint density at radius 3 is 3.19 bits per heavy atom. The van der Waals surface area contributed by atoms with Gasteiger partial charge in [0.1, 0.15) is 0 Å². The van der Waals surface area contributed by atoms with Crippen LogP contribution in [0.2, 0.25) is 0 Å². The van der Waals surface area contributed by atoms with Crippen LogP contribution in [-0.4, -0.2) is 22.7 Å². The maximum Gasteiger partial charge on any atom is 0.222 e. The van der Waals surface area contributed by atoms with Crippen LogP contribution in [0.3, 0.4) is 0 Å². The van der Waals surface area contributed by atoms with Gasteiger partial charge in [-0.1, -0.05) is 18.7 Å². The lowest BCUT2D eigenvalue weighted by atomic mass is 10.4. The van der Waals surface area contributed by atoms with Gasteiger partial charge < -0.3 is 5.32 Å². The summed E-state index contributed by atoms with van der Waals surface area (Å²) in [4.78, 5) is 12.3. The quantitative estimate of drug-likeness (QED) is 0.586. The van der Waals surface area contributed by atoms with E-state index in [-0.39, 0.29) is 0 Å². The van der Waals surface area contributed by atoms with Gasteiger partial charge in [-0.05, 0) is 19.4 Å². The molecule has 0 aromatic carbocycles. The van der Waals surface area contributed by atoms with Crippen molar-refractivity contribution in [3.05, 3.63) is 42.9 Å². The molecule has 0 radical (unpaired) electrons. The van der Waals surface area contributed by atoms with Gasteiger partial charge in [0.15, 0.2) is 0 Å². The second kappa shape index (κ2) is 7.34. The number of aliphatic imine (C=N–C) groups is 1. The molecular weight excluding hydrogens is 200 g/mol. The van der Waals surface area contributed by atoms with Crippen LogP contribution in [-0.2, 0) is 0 Å². The molecule has 1 rings (SSSR count). The highest BCUT2D eigenvalue weighted by molar-refractivity contribution is 5.70. The van der Waals surface area contributed by atoms with Crippen molar-refractivity contribution in [3.63, 3.8) is 0 Å². The summed E-state index contributed by atoms with van der Waals surface area (Å²) in [6, 6.07) is 1.87. The van der Waals surface area contributed by atoms with E-state index in [4.69, 9.17) is 0 Å². The van der Waals surface area contributed by atoms with Gasteiger partial charge in [0.25, 0.3) is 0 Å². The van der Waals surface area contributed by atoms with Crippen molar-refractivity contribution in [1.82, 2.24) is 9.97 Å². The van der Waals surface area contributed by atoms with Gasteiger partial charge in [0, 0.05) is 30.9 Å². The maximum absolute atomic E-state index is 4.23. The topological polar surface area (TPSA) is 50.2 Å². The van der Waals surface area contributed by atoms with Gasteiger partial charge in [0.2, 0.25) is 5.95 Å². The molecule has 0 fully saturated rings. The molecule has 1 N–H and O–H groups in total. The molecule has 0 aliphatic rings. The number of nitrogens with one attached hydrogen (secondary N) is 1. The van der Waals surface area contributed by atoms with Crippen LogP contribution in [0.5, 0.6) is 0 Å². The molecule has 84 valence electrons. The highest BCUT2D eigenvalue weighted by atomic mass is 15.1. The number of rotatable bonds is 6. The number of allylic oxidation sites excluding steroid dienone is 1. The molecule has 4 nitrogen and oxygen atoms in total. The summed E-state index contributed by atoms with van der Waals surface area (Å²) < 4.78 is 0. The summed E-state index contributed by atoms with van der Waals surface area (Å²) in [5, 5.41) is 3.13. The van der Waals surface area contributed by atoms with E-state index in [2.05, 4.69) is 26.9 Å². The lowest BCUT2D eigenvalue weighted by molar-refractivity contribution is 0.998. The Labute approximate surface area is 95.9 Å². The minimum Gasteiger partial charge on any atom is -0.354 e. The number of anilines is 1. The van der Waals surface area contributed by atoms with E-state index in [1.54, 1.807) is 24.7 Å². The fourth-order valence-electron chi connectivity index (χ4n) is 1.05. The van der Waals surface area contributed by atoms with Crippen molar-refractivity contribution in [2.24, 2.45) is 4.99 Å². The number of hydrogen-bond donors (Lipinski definition) is 1. The standard InChI is InChI=1S/C12H16N4/c1-3-7-13-8-4-5-9-14-12-15-10-6-11(2)16-12/h3-4,6-8,10H,1,5,9H2,2H3,(H,14,15,16)/b8-4-,13-7?. The maximum atomic E-state index is 4.23. The smallest absolute Gasteiger partial charge is 0.222 e. The normalized spacial score (nSPS) is 11.1. The van der Waals surface area contributed by atoms with E-state index in [1.807, 2.05) is 19.1 Å². The van der Waals surface area contributed by atoms with Crippen LogP contribution >= 0.6 is 0 Å². The van der Waals surface area contributed by atoms with Gasteiger partial charge in [-0.2, -0.15) is 0 Å². The Balaban J connectivity index is 2.23. The molecular formula is C12H16N4. The summed E-state index contributed by atoms with van der Waals surface area (Å²) >= 11 is 0. The van der Waals surface area contributed by atoms with Crippen molar-refractivity contribution in [2.45, 2.75) is 13.3 Å². The van der Waals surface area contributed by atoms with E-state index in [1.165, 1.54) is 0 Å². The fraction of sp³-hybridized carbons (Fsp3) is 0.250. The average Bonchev–Trinajstić information content (AvgIpc) is 2.28. The van der Waals surface area contributed by atoms with E-state index < -0.39 is 0 Å². The fourth-order valence-corrected chi connectivity index (χ4v) is 1.05. The van der Waals surface area contributed by atoms with Crippen molar-refractivity contribution >= 4 is 12.2 Å².